The summed E-state index contributed by atoms with van der Waals surface area (Å²) in [5.74, 6) is 2.44. The predicted molar refractivity (Wildman–Crippen MR) is 124 cm³/mol. The van der Waals surface area contributed by atoms with Gasteiger partial charge in [-0.25, -0.2) is 4.98 Å². The van der Waals surface area contributed by atoms with Gasteiger partial charge in [0.25, 0.3) is 0 Å². The lowest BCUT2D eigenvalue weighted by atomic mass is 10.0. The van der Waals surface area contributed by atoms with Gasteiger partial charge in [-0.2, -0.15) is 0 Å². The third-order valence-corrected chi connectivity index (χ3v) is 5.56. The predicted octanol–water partition coefficient (Wildman–Crippen LogP) is 2.49. The van der Waals surface area contributed by atoms with Crippen LogP contribution in [0.4, 0.5) is 5.82 Å². The number of methoxy groups -OCH3 is 1. The van der Waals surface area contributed by atoms with Crippen LogP contribution in [0.2, 0.25) is 0 Å². The van der Waals surface area contributed by atoms with Crippen LogP contribution >= 0.6 is 0 Å². The molecule has 0 radical (unpaired) electrons. The highest BCUT2D eigenvalue weighted by atomic mass is 16.5. The van der Waals surface area contributed by atoms with Gasteiger partial charge in [0.05, 0.1) is 19.3 Å². The smallest absolute Gasteiger partial charge is 0.161 e. The molecule has 1 aromatic heterocycles. The topological polar surface area (TPSA) is 61.3 Å². The van der Waals surface area contributed by atoms with Gasteiger partial charge in [0, 0.05) is 38.9 Å². The van der Waals surface area contributed by atoms with Crippen molar-refractivity contribution in [2.75, 3.05) is 65.9 Å². The lowest BCUT2D eigenvalue weighted by Gasteiger charge is -2.29. The first-order chi connectivity index (χ1) is 14.9. The number of rotatable bonds is 11. The summed E-state index contributed by atoms with van der Waals surface area (Å²) in [5.41, 5.74) is 0.384. The molecule has 0 amide bonds. The van der Waals surface area contributed by atoms with Gasteiger partial charge >= 0.3 is 0 Å². The zero-order chi connectivity index (χ0) is 22.3. The molecule has 1 aliphatic heterocycles. The van der Waals surface area contributed by atoms with E-state index in [1.807, 2.05) is 37.4 Å². The van der Waals surface area contributed by atoms with Crippen LogP contribution in [-0.4, -0.2) is 86.5 Å². The molecule has 31 heavy (non-hydrogen) atoms. The second-order valence-electron chi connectivity index (χ2n) is 8.75. The van der Waals surface area contributed by atoms with Crippen LogP contribution < -0.4 is 14.4 Å². The Balaban J connectivity index is 1.53. The largest absolute Gasteiger partial charge is 0.493 e. The number of likely N-dealkylation sites (N-methyl/N-ethyl adjacent to an activating group) is 1. The Morgan fingerprint density at radius 1 is 1.16 bits per heavy atom. The van der Waals surface area contributed by atoms with Crippen molar-refractivity contribution in [2.45, 2.75) is 25.0 Å². The molecule has 3 rings (SSSR count). The molecule has 1 fully saturated rings. The molecule has 0 spiro atoms. The van der Waals surface area contributed by atoms with E-state index in [4.69, 9.17) is 9.47 Å². The normalized spacial score (nSPS) is 18.7. The number of ether oxygens (including phenoxy) is 2. The van der Waals surface area contributed by atoms with Crippen molar-refractivity contribution in [3.05, 3.63) is 48.2 Å². The van der Waals surface area contributed by atoms with Gasteiger partial charge in [-0.05, 0) is 63.8 Å². The monoisotopic (exact) mass is 428 g/mol. The van der Waals surface area contributed by atoms with Crippen LogP contribution in [0.15, 0.2) is 42.6 Å². The van der Waals surface area contributed by atoms with Crippen LogP contribution in [0, 0.1) is 0 Å². The van der Waals surface area contributed by atoms with Crippen LogP contribution in [0.5, 0.6) is 11.5 Å². The number of β-amino-alcohol motifs (C(OH)–C–C–N with tert-alkyl or cyclic N) is 1. The van der Waals surface area contributed by atoms with Crippen LogP contribution in [0.25, 0.3) is 0 Å². The summed E-state index contributed by atoms with van der Waals surface area (Å²) in [5, 5.41) is 11.1. The molecule has 7 nitrogen and oxygen atoms in total. The molecular weight excluding hydrogens is 392 g/mol. The molecule has 1 unspecified atom stereocenters. The molecule has 0 bridgehead atoms. The zero-order valence-electron chi connectivity index (χ0n) is 19.3. The van der Waals surface area contributed by atoms with Gasteiger partial charge < -0.3 is 24.4 Å². The summed E-state index contributed by atoms with van der Waals surface area (Å²) in [7, 11) is 7.83. The maximum atomic E-state index is 11.1. The van der Waals surface area contributed by atoms with Crippen molar-refractivity contribution in [1.29, 1.82) is 0 Å². The fraction of sp³-hybridized carbons (Fsp3) is 0.542. The fourth-order valence-corrected chi connectivity index (χ4v) is 4.08. The van der Waals surface area contributed by atoms with E-state index in [0.29, 0.717) is 19.7 Å². The van der Waals surface area contributed by atoms with E-state index in [-0.39, 0.29) is 0 Å². The van der Waals surface area contributed by atoms with E-state index in [0.717, 1.165) is 55.4 Å². The first-order valence-electron chi connectivity index (χ1n) is 10.9. The molecular formula is C24H36N4O3. The van der Waals surface area contributed by atoms with Gasteiger partial charge in [0.1, 0.15) is 5.82 Å². The van der Waals surface area contributed by atoms with Crippen LogP contribution in [-0.2, 0) is 6.54 Å². The standard InChI is InChI=1S/C24H36N4O3/c1-26(2)13-7-15-31-21-10-9-20(16-22(21)30-4)17-27(3)18-24(29)11-14-28(19-24)23-8-5-6-12-25-23/h5-6,8-10,12,16,29H,7,11,13-15,17-19H2,1-4H3. The quantitative estimate of drug-likeness (QED) is 0.552. The summed E-state index contributed by atoms with van der Waals surface area (Å²) < 4.78 is 11.4. The number of anilines is 1. The summed E-state index contributed by atoms with van der Waals surface area (Å²) in [4.78, 5) is 10.9. The highest BCUT2D eigenvalue weighted by Crippen LogP contribution is 2.30. The van der Waals surface area contributed by atoms with E-state index >= 15 is 0 Å². The summed E-state index contributed by atoms with van der Waals surface area (Å²) in [6.07, 6.45) is 3.49. The molecule has 170 valence electrons. The fourth-order valence-electron chi connectivity index (χ4n) is 4.08. The van der Waals surface area contributed by atoms with E-state index < -0.39 is 5.60 Å². The number of aliphatic hydroxyl groups is 1. The third kappa shape index (κ3) is 6.82. The first-order valence-corrected chi connectivity index (χ1v) is 10.9. The first kappa shape index (κ1) is 23.3. The Labute approximate surface area is 186 Å². The average molecular weight is 429 g/mol. The van der Waals surface area contributed by atoms with Crippen LogP contribution in [0.1, 0.15) is 18.4 Å². The molecule has 1 atom stereocenters. The molecule has 1 saturated heterocycles. The number of hydrogen-bond donors (Lipinski definition) is 1. The van der Waals surface area contributed by atoms with E-state index in [1.165, 1.54) is 0 Å². The minimum Gasteiger partial charge on any atom is -0.493 e. The van der Waals surface area contributed by atoms with Crippen LogP contribution in [0.3, 0.4) is 0 Å². The van der Waals surface area contributed by atoms with Gasteiger partial charge in [-0.15, -0.1) is 0 Å². The second kappa shape index (κ2) is 10.8. The number of pyridine rings is 1. The summed E-state index contributed by atoms with van der Waals surface area (Å²) in [6.45, 7) is 4.39. The molecule has 1 N–H and O–H groups in total. The molecule has 0 aliphatic carbocycles. The Morgan fingerprint density at radius 3 is 2.71 bits per heavy atom. The van der Waals surface area contributed by atoms with Gasteiger partial charge in [0.15, 0.2) is 11.5 Å². The number of benzene rings is 1. The van der Waals surface area contributed by atoms with E-state index in [9.17, 15) is 5.11 Å². The van der Waals surface area contributed by atoms with Crippen molar-refractivity contribution >= 4 is 5.82 Å². The van der Waals surface area contributed by atoms with Crippen molar-refractivity contribution in [3.63, 3.8) is 0 Å². The minimum atomic E-state index is -0.744. The molecule has 2 heterocycles. The molecule has 7 heteroatoms. The lowest BCUT2D eigenvalue weighted by molar-refractivity contribution is 0.0279. The highest BCUT2D eigenvalue weighted by molar-refractivity contribution is 5.43. The summed E-state index contributed by atoms with van der Waals surface area (Å²) >= 11 is 0. The molecule has 1 aromatic carbocycles. The van der Waals surface area contributed by atoms with Crippen molar-refractivity contribution in [3.8, 4) is 11.5 Å². The van der Waals surface area contributed by atoms with Gasteiger partial charge in [-0.1, -0.05) is 12.1 Å². The van der Waals surface area contributed by atoms with Crippen molar-refractivity contribution in [2.24, 2.45) is 0 Å². The number of nitrogens with zero attached hydrogens (tertiary/aromatic N) is 4. The number of hydrogen-bond acceptors (Lipinski definition) is 7. The van der Waals surface area contributed by atoms with Crippen molar-refractivity contribution < 1.29 is 14.6 Å². The maximum Gasteiger partial charge on any atom is 0.161 e. The molecule has 2 aromatic rings. The highest BCUT2D eigenvalue weighted by Gasteiger charge is 2.37. The summed E-state index contributed by atoms with van der Waals surface area (Å²) in [6, 6.07) is 12.0. The Hall–Kier alpha value is -2.35. The average Bonchev–Trinajstić information content (AvgIpc) is 3.13. The lowest BCUT2D eigenvalue weighted by Crippen LogP contribution is -2.43. The SMILES string of the molecule is COc1cc(CN(C)CC2(O)CCN(c3ccccn3)C2)ccc1OCCCN(C)C. The van der Waals surface area contributed by atoms with Gasteiger partial charge in [0.2, 0.25) is 0 Å². The minimum absolute atomic E-state index is 0.595. The van der Waals surface area contributed by atoms with E-state index in [2.05, 4.69) is 39.8 Å². The van der Waals surface area contributed by atoms with E-state index in [1.54, 1.807) is 13.3 Å². The maximum absolute atomic E-state index is 11.1. The molecule has 1 aliphatic rings. The third-order valence-electron chi connectivity index (χ3n) is 5.56. The Morgan fingerprint density at radius 2 is 2.00 bits per heavy atom. The Kier molecular flexibility index (Phi) is 8.12. The van der Waals surface area contributed by atoms with Crippen molar-refractivity contribution in [1.82, 2.24) is 14.8 Å². The number of aromatic nitrogens is 1. The second-order valence-corrected chi connectivity index (χ2v) is 8.75. The van der Waals surface area contributed by atoms with Gasteiger partial charge in [-0.3, -0.25) is 4.90 Å². The Bertz CT molecular complexity index is 818. The zero-order valence-corrected chi connectivity index (χ0v) is 19.3. The molecule has 0 saturated carbocycles.